The molecule has 6 heteroatoms. The minimum atomic E-state index is 0.361. The summed E-state index contributed by atoms with van der Waals surface area (Å²) < 4.78 is 8.26. The molecule has 0 unspecified atom stereocenters. The van der Waals surface area contributed by atoms with Crippen molar-refractivity contribution in [1.29, 1.82) is 0 Å². The van der Waals surface area contributed by atoms with Gasteiger partial charge in [-0.05, 0) is 36.3 Å². The first kappa shape index (κ1) is 14.1. The van der Waals surface area contributed by atoms with E-state index >= 15 is 0 Å². The summed E-state index contributed by atoms with van der Waals surface area (Å²) in [4.78, 5) is 0. The van der Waals surface area contributed by atoms with Crippen LogP contribution in [0.4, 0.5) is 0 Å². The monoisotopic (exact) mass is 297 g/mol. The van der Waals surface area contributed by atoms with Crippen LogP contribution in [-0.2, 0) is 13.2 Å². The number of hydrogen-bond acceptors (Lipinski definition) is 3. The van der Waals surface area contributed by atoms with Gasteiger partial charge in [-0.3, -0.25) is 5.10 Å². The number of aromatic nitrogens is 3. The molecule has 2 rings (SSSR count). The van der Waals surface area contributed by atoms with Crippen molar-refractivity contribution in [3.05, 3.63) is 39.9 Å². The number of aromatic amines is 1. The predicted molar refractivity (Wildman–Crippen MR) is 78.0 cm³/mol. The first-order chi connectivity index (χ1) is 9.06. The topological polar surface area (TPSA) is 42.8 Å². The van der Waals surface area contributed by atoms with Gasteiger partial charge in [-0.1, -0.05) is 31.5 Å². The minimum absolute atomic E-state index is 0.361. The van der Waals surface area contributed by atoms with E-state index in [4.69, 9.17) is 28.6 Å². The third kappa shape index (κ3) is 3.81. The van der Waals surface area contributed by atoms with Crippen LogP contribution in [0.2, 0.25) is 5.02 Å². The number of nitrogens with zero attached hydrogens (tertiary/aromatic N) is 2. The van der Waals surface area contributed by atoms with Gasteiger partial charge in [0, 0.05) is 11.6 Å². The first-order valence-electron chi connectivity index (χ1n) is 6.08. The SMILES string of the molecule is CC(C)Cn1c(COc2cccc(Cl)c2)n[nH]c1=S. The Bertz CT molecular complexity index is 606. The number of rotatable bonds is 5. The van der Waals surface area contributed by atoms with Crippen LogP contribution >= 0.6 is 23.8 Å². The van der Waals surface area contributed by atoms with Gasteiger partial charge in [-0.25, -0.2) is 0 Å². The lowest BCUT2D eigenvalue weighted by molar-refractivity contribution is 0.286. The van der Waals surface area contributed by atoms with Crippen molar-refractivity contribution in [2.45, 2.75) is 27.0 Å². The van der Waals surface area contributed by atoms with Crippen molar-refractivity contribution in [3.63, 3.8) is 0 Å². The molecule has 2 aromatic rings. The fraction of sp³-hybridized carbons (Fsp3) is 0.385. The maximum absolute atomic E-state index is 5.91. The van der Waals surface area contributed by atoms with E-state index < -0.39 is 0 Å². The van der Waals surface area contributed by atoms with E-state index in [0.29, 0.717) is 22.3 Å². The van der Waals surface area contributed by atoms with Gasteiger partial charge in [0.05, 0.1) is 0 Å². The highest BCUT2D eigenvalue weighted by Gasteiger charge is 2.08. The van der Waals surface area contributed by atoms with Crippen molar-refractivity contribution in [2.24, 2.45) is 5.92 Å². The molecule has 1 aromatic heterocycles. The number of halogens is 1. The Labute approximate surface area is 122 Å². The third-order valence-electron chi connectivity index (χ3n) is 2.55. The fourth-order valence-electron chi connectivity index (χ4n) is 1.72. The van der Waals surface area contributed by atoms with Gasteiger partial charge < -0.3 is 9.30 Å². The second kappa shape index (κ2) is 6.21. The van der Waals surface area contributed by atoms with E-state index in [1.54, 1.807) is 6.07 Å². The summed E-state index contributed by atoms with van der Waals surface area (Å²) in [7, 11) is 0. The number of nitrogens with one attached hydrogen (secondary N) is 1. The van der Waals surface area contributed by atoms with Gasteiger partial charge in [0.25, 0.3) is 0 Å². The molecule has 1 heterocycles. The highest BCUT2D eigenvalue weighted by molar-refractivity contribution is 7.71. The van der Waals surface area contributed by atoms with Crippen LogP contribution in [0.25, 0.3) is 0 Å². The number of ether oxygens (including phenoxy) is 1. The van der Waals surface area contributed by atoms with Crippen molar-refractivity contribution < 1.29 is 4.74 Å². The van der Waals surface area contributed by atoms with Gasteiger partial charge in [-0.15, -0.1) is 0 Å². The lowest BCUT2D eigenvalue weighted by atomic mass is 10.2. The standard InChI is InChI=1S/C13H16ClN3OS/c1-9(2)7-17-12(15-16-13(17)19)8-18-11-5-3-4-10(14)6-11/h3-6,9H,7-8H2,1-2H3,(H,16,19). The lowest BCUT2D eigenvalue weighted by Crippen LogP contribution is -2.11. The minimum Gasteiger partial charge on any atom is -0.486 e. The summed E-state index contributed by atoms with van der Waals surface area (Å²) in [5, 5.41) is 7.65. The summed E-state index contributed by atoms with van der Waals surface area (Å²) in [5.41, 5.74) is 0. The Hall–Kier alpha value is -1.33. The zero-order valence-electron chi connectivity index (χ0n) is 10.9. The number of benzene rings is 1. The van der Waals surface area contributed by atoms with Crippen molar-refractivity contribution >= 4 is 23.8 Å². The molecule has 0 atom stereocenters. The van der Waals surface area contributed by atoms with E-state index in [2.05, 4.69) is 24.0 Å². The van der Waals surface area contributed by atoms with E-state index in [1.165, 1.54) is 0 Å². The zero-order valence-corrected chi connectivity index (χ0v) is 12.5. The van der Waals surface area contributed by atoms with E-state index in [1.807, 2.05) is 22.8 Å². The lowest BCUT2D eigenvalue weighted by Gasteiger charge is -2.10. The molecular formula is C13H16ClN3OS. The van der Waals surface area contributed by atoms with Crippen LogP contribution in [0.5, 0.6) is 5.75 Å². The van der Waals surface area contributed by atoms with Crippen molar-refractivity contribution in [3.8, 4) is 5.75 Å². The Kier molecular flexibility index (Phi) is 4.61. The summed E-state index contributed by atoms with van der Waals surface area (Å²) in [6, 6.07) is 7.29. The smallest absolute Gasteiger partial charge is 0.195 e. The molecule has 19 heavy (non-hydrogen) atoms. The molecule has 0 aliphatic carbocycles. The molecule has 0 fully saturated rings. The highest BCUT2D eigenvalue weighted by Crippen LogP contribution is 2.18. The molecule has 0 aliphatic rings. The van der Waals surface area contributed by atoms with E-state index in [0.717, 1.165) is 18.1 Å². The summed E-state index contributed by atoms with van der Waals surface area (Å²) in [5.74, 6) is 2.01. The van der Waals surface area contributed by atoms with Crippen LogP contribution in [0.3, 0.4) is 0 Å². The Morgan fingerprint density at radius 3 is 2.95 bits per heavy atom. The van der Waals surface area contributed by atoms with E-state index in [9.17, 15) is 0 Å². The van der Waals surface area contributed by atoms with Crippen LogP contribution in [0.15, 0.2) is 24.3 Å². The summed E-state index contributed by atoms with van der Waals surface area (Å²) in [6.45, 7) is 5.45. The van der Waals surface area contributed by atoms with Crippen LogP contribution in [-0.4, -0.2) is 14.8 Å². The normalized spacial score (nSPS) is 10.9. The summed E-state index contributed by atoms with van der Waals surface area (Å²) in [6.07, 6.45) is 0. The second-order valence-corrected chi connectivity index (χ2v) is 5.52. The molecule has 0 radical (unpaired) electrons. The van der Waals surface area contributed by atoms with Gasteiger partial charge >= 0.3 is 0 Å². The Morgan fingerprint density at radius 2 is 2.26 bits per heavy atom. The van der Waals surface area contributed by atoms with Crippen LogP contribution in [0.1, 0.15) is 19.7 Å². The van der Waals surface area contributed by atoms with Crippen LogP contribution < -0.4 is 4.74 Å². The average molecular weight is 298 g/mol. The molecule has 0 amide bonds. The van der Waals surface area contributed by atoms with Crippen molar-refractivity contribution in [2.75, 3.05) is 0 Å². The zero-order chi connectivity index (χ0) is 13.8. The largest absolute Gasteiger partial charge is 0.486 e. The molecule has 0 bridgehead atoms. The third-order valence-corrected chi connectivity index (χ3v) is 3.10. The molecule has 1 aromatic carbocycles. The highest BCUT2D eigenvalue weighted by atomic mass is 35.5. The first-order valence-corrected chi connectivity index (χ1v) is 6.87. The summed E-state index contributed by atoms with van der Waals surface area (Å²) >= 11 is 11.1. The number of hydrogen-bond donors (Lipinski definition) is 1. The molecule has 0 aliphatic heterocycles. The molecule has 0 spiro atoms. The second-order valence-electron chi connectivity index (χ2n) is 4.70. The maximum Gasteiger partial charge on any atom is 0.195 e. The van der Waals surface area contributed by atoms with Crippen LogP contribution in [0, 0.1) is 10.7 Å². The predicted octanol–water partition coefficient (Wildman–Crippen LogP) is 3.83. The maximum atomic E-state index is 5.91. The molecule has 0 saturated heterocycles. The molecule has 1 N–H and O–H groups in total. The Balaban J connectivity index is 2.09. The molecule has 102 valence electrons. The van der Waals surface area contributed by atoms with Crippen molar-refractivity contribution in [1.82, 2.24) is 14.8 Å². The molecule has 0 saturated carbocycles. The van der Waals surface area contributed by atoms with Gasteiger partial charge in [0.15, 0.2) is 10.6 Å². The van der Waals surface area contributed by atoms with Gasteiger partial charge in [-0.2, -0.15) is 5.10 Å². The van der Waals surface area contributed by atoms with E-state index in [-0.39, 0.29) is 0 Å². The molecule has 4 nitrogen and oxygen atoms in total. The fourth-order valence-corrected chi connectivity index (χ4v) is 2.12. The Morgan fingerprint density at radius 1 is 1.47 bits per heavy atom. The quantitative estimate of drug-likeness (QED) is 0.853. The van der Waals surface area contributed by atoms with Gasteiger partial charge in [0.2, 0.25) is 0 Å². The van der Waals surface area contributed by atoms with Gasteiger partial charge in [0.1, 0.15) is 12.4 Å². The molecular weight excluding hydrogens is 282 g/mol. The average Bonchev–Trinajstić information content (AvgIpc) is 2.68. The number of H-pyrrole nitrogens is 1.